The van der Waals surface area contributed by atoms with Crippen LogP contribution in [0.1, 0.15) is 51.4 Å². The summed E-state index contributed by atoms with van der Waals surface area (Å²) in [6.45, 7) is 1.44. The molecule has 3 amide bonds. The molecule has 0 aromatic rings. The van der Waals surface area contributed by atoms with Gasteiger partial charge < -0.3 is 43.6 Å². The Morgan fingerprint density at radius 1 is 1.00 bits per heavy atom. The molecular formula is C22H42N8O5S. The van der Waals surface area contributed by atoms with Gasteiger partial charge >= 0.3 is 5.97 Å². The fourth-order valence-electron chi connectivity index (χ4n) is 3.75. The van der Waals surface area contributed by atoms with Crippen molar-refractivity contribution >= 4 is 41.4 Å². The molecule has 0 saturated carbocycles. The van der Waals surface area contributed by atoms with E-state index in [-0.39, 0.29) is 37.3 Å². The molecule has 36 heavy (non-hydrogen) atoms. The number of nitrogens with one attached hydrogen (secondary N) is 4. The number of rotatable bonds is 18. The van der Waals surface area contributed by atoms with Gasteiger partial charge in [0.1, 0.15) is 18.1 Å². The number of unbranched alkanes of at least 4 members (excludes halogenated alkanes) is 1. The zero-order valence-corrected chi connectivity index (χ0v) is 21.8. The Morgan fingerprint density at radius 3 is 2.19 bits per heavy atom. The number of hydrogen-bond acceptors (Lipinski definition) is 8. The summed E-state index contributed by atoms with van der Waals surface area (Å²) in [4.78, 5) is 54.3. The number of nitrogens with two attached hydrogens (primary N) is 3. The van der Waals surface area contributed by atoms with Crippen LogP contribution in [0.15, 0.2) is 4.99 Å². The van der Waals surface area contributed by atoms with Gasteiger partial charge in [0.2, 0.25) is 17.7 Å². The van der Waals surface area contributed by atoms with Crippen LogP contribution in [0.3, 0.4) is 0 Å². The Kier molecular flexibility index (Phi) is 15.5. The lowest BCUT2D eigenvalue weighted by Gasteiger charge is -2.25. The maximum absolute atomic E-state index is 13.2. The molecule has 11 N–H and O–H groups in total. The third-order valence-electron chi connectivity index (χ3n) is 5.76. The second-order valence-corrected chi connectivity index (χ2v) is 9.67. The molecule has 1 aliphatic rings. The predicted molar refractivity (Wildman–Crippen MR) is 140 cm³/mol. The first-order valence-corrected chi connectivity index (χ1v) is 13.7. The molecule has 4 atom stereocenters. The summed E-state index contributed by atoms with van der Waals surface area (Å²) in [5, 5.41) is 20.6. The normalized spacial score (nSPS) is 17.4. The highest BCUT2D eigenvalue weighted by Crippen LogP contribution is 2.09. The molecule has 0 aliphatic carbocycles. The molecule has 1 heterocycles. The molecule has 4 unspecified atom stereocenters. The second kappa shape index (κ2) is 17.8. The van der Waals surface area contributed by atoms with Crippen molar-refractivity contribution in [3.8, 4) is 0 Å². The van der Waals surface area contributed by atoms with Crippen molar-refractivity contribution in [2.75, 3.05) is 31.6 Å². The van der Waals surface area contributed by atoms with Gasteiger partial charge in [-0.2, -0.15) is 11.8 Å². The average Bonchev–Trinajstić information content (AvgIpc) is 3.37. The number of guanidine groups is 1. The van der Waals surface area contributed by atoms with Gasteiger partial charge in [0.15, 0.2) is 5.96 Å². The number of hydrogen-bond donors (Lipinski definition) is 8. The van der Waals surface area contributed by atoms with Crippen molar-refractivity contribution in [3.63, 3.8) is 0 Å². The molecule has 1 rings (SSSR count). The smallest absolute Gasteiger partial charge is 0.326 e. The number of thioether (sulfide) groups is 1. The van der Waals surface area contributed by atoms with Crippen molar-refractivity contribution in [1.29, 1.82) is 0 Å². The third-order valence-corrected chi connectivity index (χ3v) is 6.40. The Hall–Kier alpha value is -2.58. The maximum Gasteiger partial charge on any atom is 0.326 e. The fraction of sp³-hybridized carbons (Fsp3) is 0.773. The topological polar surface area (TPSA) is 227 Å². The molecule has 1 fully saturated rings. The van der Waals surface area contributed by atoms with E-state index in [1.807, 2.05) is 6.26 Å². The van der Waals surface area contributed by atoms with Gasteiger partial charge in [-0.3, -0.25) is 19.4 Å². The van der Waals surface area contributed by atoms with Crippen LogP contribution in [0.4, 0.5) is 0 Å². The van der Waals surface area contributed by atoms with Crippen LogP contribution in [0, 0.1) is 0 Å². The van der Waals surface area contributed by atoms with Crippen LogP contribution < -0.4 is 38.5 Å². The highest BCUT2D eigenvalue weighted by Gasteiger charge is 2.31. The van der Waals surface area contributed by atoms with E-state index in [4.69, 9.17) is 17.2 Å². The molecular weight excluding hydrogens is 488 g/mol. The predicted octanol–water partition coefficient (Wildman–Crippen LogP) is -1.79. The highest BCUT2D eigenvalue weighted by molar-refractivity contribution is 7.98. The minimum absolute atomic E-state index is 0.0663. The summed E-state index contributed by atoms with van der Waals surface area (Å²) < 4.78 is 0. The number of aliphatic carboxylic acids is 1. The molecule has 0 bridgehead atoms. The van der Waals surface area contributed by atoms with Crippen LogP contribution >= 0.6 is 11.8 Å². The number of carbonyl (C=O) groups is 4. The SMILES string of the molecule is CSCCC(NC(=O)C(CCCN=C(N)N)NC(=O)C1CCCN1)C(=O)NC(CCCCN)C(=O)O. The fourth-order valence-corrected chi connectivity index (χ4v) is 4.22. The molecule has 14 heteroatoms. The molecule has 0 radical (unpaired) electrons. The highest BCUT2D eigenvalue weighted by atomic mass is 32.2. The van der Waals surface area contributed by atoms with Crippen LogP contribution in [-0.2, 0) is 19.2 Å². The van der Waals surface area contributed by atoms with Crippen molar-refractivity contribution in [1.82, 2.24) is 21.3 Å². The van der Waals surface area contributed by atoms with Gasteiger partial charge in [-0.25, -0.2) is 4.79 Å². The Morgan fingerprint density at radius 2 is 1.64 bits per heavy atom. The minimum atomic E-state index is -1.15. The summed E-state index contributed by atoms with van der Waals surface area (Å²) in [7, 11) is 0. The van der Waals surface area contributed by atoms with E-state index in [1.54, 1.807) is 0 Å². The van der Waals surface area contributed by atoms with Gasteiger partial charge in [0.05, 0.1) is 6.04 Å². The van der Waals surface area contributed by atoms with E-state index in [0.29, 0.717) is 44.4 Å². The first kappa shape index (κ1) is 31.4. The quantitative estimate of drug-likeness (QED) is 0.0564. The first-order valence-electron chi connectivity index (χ1n) is 12.3. The number of nitrogens with zero attached hydrogens (tertiary/aromatic N) is 1. The van der Waals surface area contributed by atoms with Crippen LogP contribution in [-0.4, -0.2) is 90.6 Å². The molecule has 0 aromatic heterocycles. The summed E-state index contributed by atoms with van der Waals surface area (Å²) in [6.07, 6.45) is 5.82. The zero-order valence-electron chi connectivity index (χ0n) is 21.0. The minimum Gasteiger partial charge on any atom is -0.480 e. The van der Waals surface area contributed by atoms with E-state index in [0.717, 1.165) is 13.0 Å². The largest absolute Gasteiger partial charge is 0.480 e. The maximum atomic E-state index is 13.2. The Bertz CT molecular complexity index is 744. The number of carboxylic acid groups (broad SMARTS) is 1. The Balaban J connectivity index is 2.90. The molecule has 1 aliphatic heterocycles. The van der Waals surface area contributed by atoms with Gasteiger partial charge in [-0.15, -0.1) is 0 Å². The van der Waals surface area contributed by atoms with Gasteiger partial charge in [-0.1, -0.05) is 0 Å². The second-order valence-electron chi connectivity index (χ2n) is 8.69. The van der Waals surface area contributed by atoms with Gasteiger partial charge in [0.25, 0.3) is 0 Å². The summed E-state index contributed by atoms with van der Waals surface area (Å²) in [6, 6.07) is -3.32. The lowest BCUT2D eigenvalue weighted by molar-refractivity contribution is -0.142. The van der Waals surface area contributed by atoms with Gasteiger partial charge in [0, 0.05) is 6.54 Å². The van der Waals surface area contributed by atoms with Crippen molar-refractivity contribution in [3.05, 3.63) is 0 Å². The molecule has 206 valence electrons. The average molecular weight is 531 g/mol. The zero-order chi connectivity index (χ0) is 26.9. The molecule has 1 saturated heterocycles. The summed E-state index contributed by atoms with van der Waals surface area (Å²) in [5.41, 5.74) is 16.2. The van der Waals surface area contributed by atoms with Gasteiger partial charge in [-0.05, 0) is 76.5 Å². The van der Waals surface area contributed by atoms with E-state index in [9.17, 15) is 24.3 Å². The van der Waals surface area contributed by atoms with Crippen LogP contribution in [0.5, 0.6) is 0 Å². The molecule has 0 spiro atoms. The molecule has 13 nitrogen and oxygen atoms in total. The summed E-state index contributed by atoms with van der Waals surface area (Å²) in [5.74, 6) is -2.04. The van der Waals surface area contributed by atoms with Crippen molar-refractivity contribution < 1.29 is 24.3 Å². The number of amides is 3. The van der Waals surface area contributed by atoms with E-state index < -0.39 is 35.9 Å². The monoisotopic (exact) mass is 530 g/mol. The number of carbonyl (C=O) groups excluding carboxylic acids is 3. The number of aliphatic imine (C=N–C) groups is 1. The number of carboxylic acids is 1. The first-order chi connectivity index (χ1) is 17.2. The lowest BCUT2D eigenvalue weighted by Crippen LogP contribution is -2.57. The summed E-state index contributed by atoms with van der Waals surface area (Å²) >= 11 is 1.49. The standard InChI is InChI=1S/C22H42N8O5S/c1-36-13-9-16(20(33)30-17(21(34)35)6-2-3-10-23)29-19(32)15(8-5-12-27-22(24)25)28-18(31)14-7-4-11-26-14/h14-17,26H,2-13,23H2,1H3,(H,28,31)(H,29,32)(H,30,33)(H,34,35)(H4,24,25,27). The molecule has 0 aromatic carbocycles. The van der Waals surface area contributed by atoms with Crippen LogP contribution in [0.2, 0.25) is 0 Å². The van der Waals surface area contributed by atoms with E-state index in [2.05, 4.69) is 26.3 Å². The van der Waals surface area contributed by atoms with Crippen molar-refractivity contribution in [2.24, 2.45) is 22.2 Å². The third kappa shape index (κ3) is 12.4. The lowest BCUT2D eigenvalue weighted by atomic mass is 10.1. The van der Waals surface area contributed by atoms with E-state index >= 15 is 0 Å². The van der Waals surface area contributed by atoms with Crippen molar-refractivity contribution in [2.45, 2.75) is 75.5 Å². The van der Waals surface area contributed by atoms with E-state index in [1.165, 1.54) is 11.8 Å². The Labute approximate surface area is 216 Å². The van der Waals surface area contributed by atoms with Crippen LogP contribution in [0.25, 0.3) is 0 Å².